The van der Waals surface area contributed by atoms with E-state index >= 15 is 0 Å². The molecule has 3 aromatic heterocycles. The maximum absolute atomic E-state index is 13.8. The highest BCUT2D eigenvalue weighted by Crippen LogP contribution is 2.29. The Bertz CT molecular complexity index is 1120. The molecule has 0 aliphatic carbocycles. The van der Waals surface area contributed by atoms with Crippen LogP contribution in [0.2, 0.25) is 0 Å². The van der Waals surface area contributed by atoms with E-state index in [9.17, 15) is 23.9 Å². The molecule has 1 amide bonds. The number of pyridine rings is 2. The van der Waals surface area contributed by atoms with Crippen molar-refractivity contribution in [3.05, 3.63) is 56.4 Å². The number of amides is 1. The summed E-state index contributed by atoms with van der Waals surface area (Å²) in [6.07, 6.45) is 0.958. The van der Waals surface area contributed by atoms with E-state index in [1.54, 1.807) is 21.9 Å². The van der Waals surface area contributed by atoms with Gasteiger partial charge in [-0.25, -0.2) is 14.2 Å². The number of carboxylic acid groups (broad SMARTS) is 1. The molecule has 0 radical (unpaired) electrons. The van der Waals surface area contributed by atoms with Crippen LogP contribution in [0, 0.1) is 5.82 Å². The lowest BCUT2D eigenvalue weighted by atomic mass is 10.1. The molecular weight excluding hydrogens is 387 g/mol. The number of nitrogens with one attached hydrogen (secondary N) is 1. The zero-order chi connectivity index (χ0) is 19.8. The second-order valence-corrected chi connectivity index (χ2v) is 7.24. The third kappa shape index (κ3) is 3.11. The fourth-order valence-corrected chi connectivity index (χ4v) is 4.04. The zero-order valence-corrected chi connectivity index (χ0v) is 15.3. The predicted octanol–water partition coefficient (Wildman–Crippen LogP) is 1.78. The average Bonchev–Trinajstić information content (AvgIpc) is 3.21. The molecule has 28 heavy (non-hydrogen) atoms. The molecule has 1 aliphatic heterocycles. The molecular formula is C18H15FN4O4S. The standard InChI is InChI=1S/C18H15FN4O4S/c19-10-8-11-14(13(18(26)27)16(24)21-15(11)20-9-10)22-3-5-23(6-4-22)17(25)12-2-1-7-28-12/h1-2,7-9H,3-6H2,(H,26,27)(H,20,21,24). The van der Waals surface area contributed by atoms with Gasteiger partial charge >= 0.3 is 5.97 Å². The van der Waals surface area contributed by atoms with E-state index in [1.165, 1.54) is 11.3 Å². The molecule has 1 fully saturated rings. The molecule has 0 bridgehead atoms. The van der Waals surface area contributed by atoms with E-state index in [0.29, 0.717) is 31.1 Å². The van der Waals surface area contributed by atoms with Crippen LogP contribution in [-0.4, -0.2) is 58.0 Å². The number of aromatic amines is 1. The van der Waals surface area contributed by atoms with Crippen molar-refractivity contribution in [3.63, 3.8) is 0 Å². The van der Waals surface area contributed by atoms with Crippen molar-refractivity contribution in [3.8, 4) is 0 Å². The number of nitrogens with zero attached hydrogens (tertiary/aromatic N) is 3. The third-order valence-corrected chi connectivity index (χ3v) is 5.49. The Morgan fingerprint density at radius 3 is 2.64 bits per heavy atom. The number of halogens is 1. The predicted molar refractivity (Wildman–Crippen MR) is 102 cm³/mol. The molecule has 4 heterocycles. The topological polar surface area (TPSA) is 107 Å². The second kappa shape index (κ2) is 7.04. The van der Waals surface area contributed by atoms with E-state index in [0.717, 1.165) is 12.3 Å². The van der Waals surface area contributed by atoms with Crippen LogP contribution in [0.25, 0.3) is 11.0 Å². The zero-order valence-electron chi connectivity index (χ0n) is 14.5. The molecule has 0 spiro atoms. The van der Waals surface area contributed by atoms with Crippen molar-refractivity contribution in [2.24, 2.45) is 0 Å². The van der Waals surface area contributed by atoms with Crippen LogP contribution >= 0.6 is 11.3 Å². The van der Waals surface area contributed by atoms with Crippen LogP contribution in [0.5, 0.6) is 0 Å². The van der Waals surface area contributed by atoms with Crippen molar-refractivity contribution in [2.45, 2.75) is 0 Å². The lowest BCUT2D eigenvalue weighted by molar-refractivity contribution is 0.0691. The summed E-state index contributed by atoms with van der Waals surface area (Å²) in [5.74, 6) is -2.13. The smallest absolute Gasteiger partial charge is 0.343 e. The Labute approximate surface area is 161 Å². The summed E-state index contributed by atoms with van der Waals surface area (Å²) in [5, 5.41) is 11.6. The number of piperazine rings is 1. The van der Waals surface area contributed by atoms with Crippen molar-refractivity contribution in [1.82, 2.24) is 14.9 Å². The highest BCUT2D eigenvalue weighted by molar-refractivity contribution is 7.12. The first kappa shape index (κ1) is 18.1. The number of fused-ring (bicyclic) bond motifs is 1. The van der Waals surface area contributed by atoms with Crippen molar-refractivity contribution in [1.29, 1.82) is 0 Å². The van der Waals surface area contributed by atoms with Crippen molar-refractivity contribution < 1.29 is 19.1 Å². The summed E-state index contributed by atoms with van der Waals surface area (Å²) in [6, 6.07) is 4.71. The van der Waals surface area contributed by atoms with Crippen molar-refractivity contribution >= 4 is 39.9 Å². The van der Waals surface area contributed by atoms with Gasteiger partial charge in [-0.3, -0.25) is 9.59 Å². The summed E-state index contributed by atoms with van der Waals surface area (Å²) in [7, 11) is 0. The minimum Gasteiger partial charge on any atom is -0.477 e. The number of carboxylic acids is 1. The van der Waals surface area contributed by atoms with Gasteiger partial charge in [-0.15, -0.1) is 11.3 Å². The van der Waals surface area contributed by atoms with Crippen LogP contribution in [-0.2, 0) is 0 Å². The van der Waals surface area contributed by atoms with E-state index in [2.05, 4.69) is 9.97 Å². The van der Waals surface area contributed by atoms with Crippen LogP contribution in [0.3, 0.4) is 0 Å². The molecule has 1 saturated heterocycles. The number of thiophene rings is 1. The molecule has 2 N–H and O–H groups in total. The lowest BCUT2D eigenvalue weighted by Crippen LogP contribution is -2.49. The fourth-order valence-electron chi connectivity index (χ4n) is 3.35. The number of anilines is 1. The van der Waals surface area contributed by atoms with Gasteiger partial charge in [-0.2, -0.15) is 0 Å². The van der Waals surface area contributed by atoms with Crippen LogP contribution in [0.1, 0.15) is 20.0 Å². The van der Waals surface area contributed by atoms with Gasteiger partial charge < -0.3 is 19.9 Å². The number of carbonyl (C=O) groups excluding carboxylic acids is 1. The number of aromatic carboxylic acids is 1. The Balaban J connectivity index is 1.70. The van der Waals surface area contributed by atoms with Crippen molar-refractivity contribution in [2.75, 3.05) is 31.1 Å². The molecule has 1 aliphatic rings. The second-order valence-electron chi connectivity index (χ2n) is 6.29. The molecule has 10 heteroatoms. The van der Waals surface area contributed by atoms with E-state index < -0.39 is 22.9 Å². The van der Waals surface area contributed by atoms with Gasteiger partial charge in [0.15, 0.2) is 0 Å². The number of rotatable bonds is 3. The van der Waals surface area contributed by atoms with E-state index in [4.69, 9.17) is 0 Å². The highest BCUT2D eigenvalue weighted by atomic mass is 32.1. The van der Waals surface area contributed by atoms with Gasteiger partial charge in [-0.1, -0.05) is 6.07 Å². The number of hydrogen-bond donors (Lipinski definition) is 2. The van der Waals surface area contributed by atoms with E-state index in [-0.39, 0.29) is 22.6 Å². The summed E-state index contributed by atoms with van der Waals surface area (Å²) in [4.78, 5) is 46.8. The first-order valence-corrected chi connectivity index (χ1v) is 9.36. The number of aromatic nitrogens is 2. The molecule has 0 saturated carbocycles. The van der Waals surface area contributed by atoms with Crippen LogP contribution in [0.4, 0.5) is 10.1 Å². The Morgan fingerprint density at radius 2 is 2.00 bits per heavy atom. The Morgan fingerprint density at radius 1 is 1.25 bits per heavy atom. The fraction of sp³-hybridized carbons (Fsp3) is 0.222. The maximum Gasteiger partial charge on any atom is 0.343 e. The van der Waals surface area contributed by atoms with Gasteiger partial charge in [0.25, 0.3) is 11.5 Å². The van der Waals surface area contributed by atoms with Gasteiger partial charge in [0.2, 0.25) is 0 Å². The molecule has 4 rings (SSSR count). The van der Waals surface area contributed by atoms with Crippen LogP contribution in [0.15, 0.2) is 34.6 Å². The van der Waals surface area contributed by atoms with Gasteiger partial charge in [0.1, 0.15) is 17.0 Å². The first-order valence-electron chi connectivity index (χ1n) is 8.48. The Kier molecular flexibility index (Phi) is 4.55. The molecule has 144 valence electrons. The summed E-state index contributed by atoms with van der Waals surface area (Å²) in [6.45, 7) is 1.33. The van der Waals surface area contributed by atoms with Crippen LogP contribution < -0.4 is 10.5 Å². The molecule has 0 aromatic carbocycles. The quantitative estimate of drug-likeness (QED) is 0.692. The molecule has 0 atom stereocenters. The first-order chi connectivity index (χ1) is 13.5. The van der Waals surface area contributed by atoms with Gasteiger partial charge in [-0.05, 0) is 17.5 Å². The largest absolute Gasteiger partial charge is 0.477 e. The number of hydrogen-bond acceptors (Lipinski definition) is 6. The monoisotopic (exact) mass is 402 g/mol. The average molecular weight is 402 g/mol. The lowest BCUT2D eigenvalue weighted by Gasteiger charge is -2.36. The van der Waals surface area contributed by atoms with E-state index in [1.807, 2.05) is 5.38 Å². The van der Waals surface area contributed by atoms with Gasteiger partial charge in [0.05, 0.1) is 16.8 Å². The Hall–Kier alpha value is -3.27. The minimum absolute atomic E-state index is 0.0865. The van der Waals surface area contributed by atoms with Gasteiger partial charge in [0, 0.05) is 31.6 Å². The SMILES string of the molecule is O=C(O)c1c(N2CCN(C(=O)c3cccs3)CC2)c2cc(F)cnc2[nH]c1=O. The number of H-pyrrole nitrogens is 1. The minimum atomic E-state index is -1.40. The number of carbonyl (C=O) groups is 2. The highest BCUT2D eigenvalue weighted by Gasteiger charge is 2.28. The summed E-state index contributed by atoms with van der Waals surface area (Å²) < 4.78 is 13.8. The third-order valence-electron chi connectivity index (χ3n) is 4.63. The summed E-state index contributed by atoms with van der Waals surface area (Å²) in [5.41, 5.74) is -1.02. The molecule has 3 aromatic rings. The normalized spacial score (nSPS) is 14.5. The summed E-state index contributed by atoms with van der Waals surface area (Å²) >= 11 is 1.36. The molecule has 8 nitrogen and oxygen atoms in total. The molecule has 0 unspecified atom stereocenters. The maximum atomic E-state index is 13.8.